The molecule has 0 unspecified atom stereocenters. The largest absolute Gasteiger partial charge is 0.446 e. The third kappa shape index (κ3) is 10.9. The van der Waals surface area contributed by atoms with Crippen LogP contribution in [0.25, 0.3) is 0 Å². The Bertz CT molecular complexity index is 58.4. The van der Waals surface area contributed by atoms with Gasteiger partial charge < -0.3 is 0 Å². The number of hydrogen-bond donors (Lipinski definition) is 0. The van der Waals surface area contributed by atoms with Gasteiger partial charge in [-0.15, -0.1) is 0 Å². The SMILES string of the molecule is O=CC(F)(F)F.[Pr]. The summed E-state index contributed by atoms with van der Waals surface area (Å²) in [6.07, 6.45) is -5.70. The maximum atomic E-state index is 10.4. The summed E-state index contributed by atoms with van der Waals surface area (Å²) in [6.45, 7) is 0. The molecule has 0 rings (SSSR count). The van der Waals surface area contributed by atoms with Crippen LogP contribution in [0.3, 0.4) is 0 Å². The molecule has 0 spiro atoms. The molecule has 0 aromatic heterocycles. The molecule has 1 nitrogen and oxygen atoms in total. The summed E-state index contributed by atoms with van der Waals surface area (Å²) in [5.41, 5.74) is 0. The molecule has 1 radical (unpaired) electrons. The Hall–Kier alpha value is 0.824. The molecular weight excluding hydrogens is 238 g/mol. The van der Waals surface area contributed by atoms with Gasteiger partial charge in [-0.05, 0) is 0 Å². The zero-order chi connectivity index (χ0) is 5.21. The van der Waals surface area contributed by atoms with E-state index < -0.39 is 12.5 Å². The van der Waals surface area contributed by atoms with Gasteiger partial charge in [0.2, 0.25) is 6.29 Å². The van der Waals surface area contributed by atoms with E-state index in [-0.39, 0.29) is 41.3 Å². The van der Waals surface area contributed by atoms with Crippen LogP contribution < -0.4 is 0 Å². The summed E-state index contributed by atoms with van der Waals surface area (Å²) >= 11 is 0. The molecule has 5 heteroatoms. The monoisotopic (exact) mass is 239 g/mol. The Balaban J connectivity index is 0. The van der Waals surface area contributed by atoms with E-state index in [9.17, 15) is 13.2 Å². The van der Waals surface area contributed by atoms with Crippen molar-refractivity contribution >= 4 is 6.29 Å². The first kappa shape index (κ1) is 10.7. The van der Waals surface area contributed by atoms with Gasteiger partial charge in [-0.1, -0.05) is 0 Å². The number of aldehydes is 1. The van der Waals surface area contributed by atoms with Crippen molar-refractivity contribution in [3.8, 4) is 0 Å². The molecule has 0 fully saturated rings. The van der Waals surface area contributed by atoms with Crippen LogP contribution in [-0.4, -0.2) is 12.5 Å². The van der Waals surface area contributed by atoms with E-state index in [0.717, 1.165) is 0 Å². The van der Waals surface area contributed by atoms with Crippen molar-refractivity contribution in [2.24, 2.45) is 0 Å². The number of halogens is 3. The summed E-state index contributed by atoms with van der Waals surface area (Å²) in [5.74, 6) is 0. The van der Waals surface area contributed by atoms with Gasteiger partial charge in [0, 0.05) is 41.3 Å². The minimum Gasteiger partial charge on any atom is -0.293 e. The topological polar surface area (TPSA) is 17.1 Å². The number of hydrogen-bond acceptors (Lipinski definition) is 1. The van der Waals surface area contributed by atoms with Crippen molar-refractivity contribution in [2.45, 2.75) is 6.18 Å². The van der Waals surface area contributed by atoms with Gasteiger partial charge in [0.1, 0.15) is 0 Å². The van der Waals surface area contributed by atoms with Gasteiger partial charge in [-0.2, -0.15) is 13.2 Å². The van der Waals surface area contributed by atoms with Crippen molar-refractivity contribution in [2.75, 3.05) is 0 Å². The molecule has 0 amide bonds. The molecule has 0 bridgehead atoms. The van der Waals surface area contributed by atoms with Crippen LogP contribution in [0.5, 0.6) is 0 Å². The molecule has 0 aliphatic rings. The van der Waals surface area contributed by atoms with E-state index in [1.165, 1.54) is 0 Å². The van der Waals surface area contributed by atoms with Crippen molar-refractivity contribution < 1.29 is 59.3 Å². The van der Waals surface area contributed by atoms with E-state index in [2.05, 4.69) is 0 Å². The predicted octanol–water partition coefficient (Wildman–Crippen LogP) is 0.748. The van der Waals surface area contributed by atoms with E-state index in [1.807, 2.05) is 0 Å². The summed E-state index contributed by atoms with van der Waals surface area (Å²) in [6, 6.07) is 0. The van der Waals surface area contributed by atoms with Gasteiger partial charge in [0.15, 0.2) is 0 Å². The quantitative estimate of drug-likeness (QED) is 0.570. The first-order valence-corrected chi connectivity index (χ1v) is 1.09. The Kier molecular flexibility index (Phi) is 5.80. The van der Waals surface area contributed by atoms with Crippen molar-refractivity contribution in [3.05, 3.63) is 0 Å². The van der Waals surface area contributed by atoms with Crippen LogP contribution in [0.4, 0.5) is 13.2 Å². The normalized spacial score (nSPS) is 9.57. The van der Waals surface area contributed by atoms with Gasteiger partial charge in [0.05, 0.1) is 0 Å². The Morgan fingerprint density at radius 1 is 1.29 bits per heavy atom. The minimum absolute atomic E-state index is 0. The summed E-state index contributed by atoms with van der Waals surface area (Å²) < 4.78 is 31.2. The fourth-order valence-electron chi connectivity index (χ4n) is 0. The van der Waals surface area contributed by atoms with Crippen molar-refractivity contribution in [3.63, 3.8) is 0 Å². The van der Waals surface area contributed by atoms with Gasteiger partial charge >= 0.3 is 6.18 Å². The zero-order valence-corrected chi connectivity index (χ0v) is 6.90. The summed E-state index contributed by atoms with van der Waals surface area (Å²) in [7, 11) is 0. The molecule has 0 aliphatic carbocycles. The fourth-order valence-corrected chi connectivity index (χ4v) is 0. The van der Waals surface area contributed by atoms with Crippen LogP contribution in [0.2, 0.25) is 0 Å². The van der Waals surface area contributed by atoms with Crippen LogP contribution in [0.15, 0.2) is 0 Å². The van der Waals surface area contributed by atoms with E-state index in [1.54, 1.807) is 0 Å². The molecule has 0 aromatic rings. The smallest absolute Gasteiger partial charge is 0.293 e. The molecule has 0 saturated heterocycles. The third-order valence-electron chi connectivity index (χ3n) is 0.134. The van der Waals surface area contributed by atoms with Gasteiger partial charge in [-0.3, -0.25) is 4.79 Å². The molecule has 0 saturated carbocycles. The second-order valence-corrected chi connectivity index (χ2v) is 0.659. The maximum Gasteiger partial charge on any atom is 0.446 e. The average Bonchev–Trinajstić information content (AvgIpc) is 1.35. The van der Waals surface area contributed by atoms with Crippen LogP contribution in [-0.2, 0) is 4.79 Å². The molecule has 0 atom stereocenters. The summed E-state index contributed by atoms with van der Waals surface area (Å²) in [4.78, 5) is 8.70. The summed E-state index contributed by atoms with van der Waals surface area (Å²) in [5, 5.41) is 0. The molecule has 0 heterocycles. The van der Waals surface area contributed by atoms with Gasteiger partial charge in [-0.25, -0.2) is 0 Å². The second-order valence-electron chi connectivity index (χ2n) is 0.659. The molecule has 0 N–H and O–H groups in total. The first-order valence-electron chi connectivity index (χ1n) is 1.09. The number of carbonyl (C=O) groups excluding carboxylic acids is 1. The number of carbonyl (C=O) groups is 1. The Morgan fingerprint density at radius 2 is 1.43 bits per heavy atom. The fraction of sp³-hybridized carbons (Fsp3) is 0.500. The Labute approximate surface area is 71.2 Å². The van der Waals surface area contributed by atoms with E-state index in [4.69, 9.17) is 4.79 Å². The van der Waals surface area contributed by atoms with Gasteiger partial charge in [0.25, 0.3) is 0 Å². The number of alkyl halides is 3. The van der Waals surface area contributed by atoms with E-state index >= 15 is 0 Å². The molecule has 39 valence electrons. The average molecular weight is 239 g/mol. The minimum atomic E-state index is -4.64. The zero-order valence-electron chi connectivity index (χ0n) is 3.20. The standard InChI is InChI=1S/C2HF3O.Pr/c3-2(4,5)1-6;/h1H;. The Morgan fingerprint density at radius 3 is 1.43 bits per heavy atom. The van der Waals surface area contributed by atoms with Crippen LogP contribution in [0, 0.1) is 41.3 Å². The number of rotatable bonds is 0. The molecular formula is C2HF3OPr. The predicted molar refractivity (Wildman–Crippen MR) is 12.1 cm³/mol. The molecule has 7 heavy (non-hydrogen) atoms. The molecule has 0 aliphatic heterocycles. The third-order valence-corrected chi connectivity index (χ3v) is 0.134. The van der Waals surface area contributed by atoms with E-state index in [0.29, 0.717) is 0 Å². The van der Waals surface area contributed by atoms with Crippen molar-refractivity contribution in [1.82, 2.24) is 0 Å². The second kappa shape index (κ2) is 3.78. The van der Waals surface area contributed by atoms with Crippen molar-refractivity contribution in [1.29, 1.82) is 0 Å². The van der Waals surface area contributed by atoms with Crippen LogP contribution >= 0.6 is 0 Å². The molecule has 0 aromatic carbocycles. The van der Waals surface area contributed by atoms with Crippen LogP contribution in [0.1, 0.15) is 0 Å². The first-order chi connectivity index (χ1) is 2.56. The maximum absolute atomic E-state index is 10.4.